The van der Waals surface area contributed by atoms with Gasteiger partial charge in [-0.3, -0.25) is 4.79 Å². The lowest BCUT2D eigenvalue weighted by molar-refractivity contribution is -0.123. The fraction of sp³-hybridized carbons (Fsp3) is 0.722. The molecule has 2 rings (SSSR count). The Morgan fingerprint density at radius 1 is 1.23 bits per heavy atom. The Labute approximate surface area is 161 Å². The summed E-state index contributed by atoms with van der Waals surface area (Å²) in [5, 5.41) is 4.61. The molecule has 2 N–H and O–H groups in total. The van der Waals surface area contributed by atoms with Crippen molar-refractivity contribution in [3.05, 3.63) is 17.5 Å². The largest absolute Gasteiger partial charge is 0.355 e. The number of amides is 1. The first-order chi connectivity index (χ1) is 12.4. The first-order valence-electron chi connectivity index (χ1n) is 9.46. The molecular weight excluding hydrogens is 370 g/mol. The molecule has 2 heterocycles. The minimum absolute atomic E-state index is 0.129. The Bertz CT molecular complexity index is 637. The van der Waals surface area contributed by atoms with E-state index in [1.807, 2.05) is 13.8 Å². The van der Waals surface area contributed by atoms with Crippen LogP contribution in [0, 0.1) is 5.92 Å². The third kappa shape index (κ3) is 6.64. The maximum Gasteiger partial charge on any atom is 0.250 e. The summed E-state index contributed by atoms with van der Waals surface area (Å²) in [7, 11) is -3.66. The molecule has 1 fully saturated rings. The smallest absolute Gasteiger partial charge is 0.250 e. The quantitative estimate of drug-likeness (QED) is 0.623. The van der Waals surface area contributed by atoms with E-state index in [0.29, 0.717) is 6.54 Å². The second-order valence-electron chi connectivity index (χ2n) is 7.18. The van der Waals surface area contributed by atoms with Gasteiger partial charge in [0, 0.05) is 6.54 Å². The van der Waals surface area contributed by atoms with E-state index < -0.39 is 16.1 Å². The molecular formula is C18H31N3O3S2. The van der Waals surface area contributed by atoms with Gasteiger partial charge >= 0.3 is 0 Å². The van der Waals surface area contributed by atoms with Gasteiger partial charge in [0.25, 0.3) is 10.0 Å². The van der Waals surface area contributed by atoms with Gasteiger partial charge in [0.05, 0.1) is 0 Å². The number of thiophene rings is 1. The fourth-order valence-corrected chi connectivity index (χ4v) is 5.47. The van der Waals surface area contributed by atoms with Gasteiger partial charge < -0.3 is 10.2 Å². The van der Waals surface area contributed by atoms with Crippen LogP contribution in [0.2, 0.25) is 0 Å². The van der Waals surface area contributed by atoms with E-state index in [1.54, 1.807) is 17.5 Å². The highest BCUT2D eigenvalue weighted by molar-refractivity contribution is 7.91. The highest BCUT2D eigenvalue weighted by atomic mass is 32.2. The van der Waals surface area contributed by atoms with Crippen molar-refractivity contribution in [1.82, 2.24) is 14.9 Å². The highest BCUT2D eigenvalue weighted by Gasteiger charge is 2.28. The molecule has 8 heteroatoms. The van der Waals surface area contributed by atoms with Crippen LogP contribution in [0.5, 0.6) is 0 Å². The highest BCUT2D eigenvalue weighted by Crippen LogP contribution is 2.17. The van der Waals surface area contributed by atoms with Crippen molar-refractivity contribution in [1.29, 1.82) is 0 Å². The van der Waals surface area contributed by atoms with E-state index in [1.165, 1.54) is 25.7 Å². The third-order valence-corrected chi connectivity index (χ3v) is 7.48. The molecule has 1 amide bonds. The molecule has 148 valence electrons. The first kappa shape index (κ1) is 21.3. The average Bonchev–Trinajstić information content (AvgIpc) is 3.02. The standard InChI is InChI=1S/C18H31N3O3S2/c1-15(2)17(20-26(23,24)16-9-7-14-25-16)18(22)19-10-8-13-21-11-5-3-4-6-12-21/h7,9,14-15,17,20H,3-6,8,10-13H2,1-2H3,(H,19,22)/t17-/m1/s1. The molecule has 1 aliphatic rings. The van der Waals surface area contributed by atoms with Gasteiger partial charge in [-0.05, 0) is 56.3 Å². The van der Waals surface area contributed by atoms with Crippen molar-refractivity contribution in [2.24, 2.45) is 5.92 Å². The molecule has 26 heavy (non-hydrogen) atoms. The van der Waals surface area contributed by atoms with Gasteiger partial charge in [-0.25, -0.2) is 8.42 Å². The number of nitrogens with zero attached hydrogens (tertiary/aromatic N) is 1. The van der Waals surface area contributed by atoms with Gasteiger partial charge in [-0.15, -0.1) is 11.3 Å². The van der Waals surface area contributed by atoms with Gasteiger partial charge in [-0.2, -0.15) is 4.72 Å². The third-order valence-electron chi connectivity index (χ3n) is 4.64. The van der Waals surface area contributed by atoms with Crippen LogP contribution in [0.25, 0.3) is 0 Å². The molecule has 0 saturated carbocycles. The molecule has 1 saturated heterocycles. The van der Waals surface area contributed by atoms with Gasteiger partial charge in [-0.1, -0.05) is 32.8 Å². The van der Waals surface area contributed by atoms with Crippen LogP contribution in [0.1, 0.15) is 46.0 Å². The van der Waals surface area contributed by atoms with Gasteiger partial charge in [0.2, 0.25) is 5.91 Å². The lowest BCUT2D eigenvalue weighted by atomic mass is 10.1. The Balaban J connectivity index is 1.80. The van der Waals surface area contributed by atoms with E-state index in [0.717, 1.165) is 37.4 Å². The van der Waals surface area contributed by atoms with Crippen LogP contribution in [0.3, 0.4) is 0 Å². The number of carbonyl (C=O) groups is 1. The van der Waals surface area contributed by atoms with E-state index in [4.69, 9.17) is 0 Å². The summed E-state index contributed by atoms with van der Waals surface area (Å²) in [5.74, 6) is -0.383. The normalized spacial score (nSPS) is 17.8. The van der Waals surface area contributed by atoms with Crippen molar-refractivity contribution in [3.8, 4) is 0 Å². The number of rotatable bonds is 9. The summed E-state index contributed by atoms with van der Waals surface area (Å²) in [6, 6.07) is 2.47. The van der Waals surface area contributed by atoms with Crippen LogP contribution >= 0.6 is 11.3 Å². The summed E-state index contributed by atoms with van der Waals surface area (Å²) >= 11 is 1.15. The Morgan fingerprint density at radius 2 is 1.92 bits per heavy atom. The number of hydrogen-bond acceptors (Lipinski definition) is 5. The second-order valence-corrected chi connectivity index (χ2v) is 10.1. The summed E-state index contributed by atoms with van der Waals surface area (Å²) in [4.78, 5) is 14.9. The molecule has 1 aliphatic heterocycles. The van der Waals surface area contributed by atoms with Crippen molar-refractivity contribution in [2.75, 3.05) is 26.2 Å². The summed E-state index contributed by atoms with van der Waals surface area (Å²) in [6.07, 6.45) is 6.02. The lowest BCUT2D eigenvalue weighted by Crippen LogP contribution is -2.49. The minimum Gasteiger partial charge on any atom is -0.355 e. The molecule has 0 spiro atoms. The Kier molecular flexibility index (Phi) is 8.53. The molecule has 1 aromatic heterocycles. The second kappa shape index (κ2) is 10.4. The summed E-state index contributed by atoms with van der Waals surface area (Å²) < 4.78 is 27.6. The molecule has 0 radical (unpaired) electrons. The Morgan fingerprint density at radius 3 is 2.50 bits per heavy atom. The summed E-state index contributed by atoms with van der Waals surface area (Å²) in [6.45, 7) is 7.52. The number of nitrogens with one attached hydrogen (secondary N) is 2. The molecule has 0 aliphatic carbocycles. The van der Waals surface area contributed by atoms with Gasteiger partial charge in [0.15, 0.2) is 0 Å². The van der Waals surface area contributed by atoms with Crippen LogP contribution in [-0.4, -0.2) is 51.4 Å². The molecule has 6 nitrogen and oxygen atoms in total. The molecule has 0 unspecified atom stereocenters. The number of likely N-dealkylation sites (tertiary alicyclic amines) is 1. The SMILES string of the molecule is CC(C)[C@@H](NS(=O)(=O)c1cccs1)C(=O)NCCCN1CCCCCC1. The number of carbonyl (C=O) groups excluding carboxylic acids is 1. The molecule has 0 bridgehead atoms. The maximum absolute atomic E-state index is 12.5. The van der Waals surface area contributed by atoms with Crippen LogP contribution in [0.15, 0.2) is 21.7 Å². The average molecular weight is 402 g/mol. The van der Waals surface area contributed by atoms with Gasteiger partial charge in [0.1, 0.15) is 10.3 Å². The van der Waals surface area contributed by atoms with Crippen LogP contribution < -0.4 is 10.0 Å². The maximum atomic E-state index is 12.5. The summed E-state index contributed by atoms with van der Waals surface area (Å²) in [5.41, 5.74) is 0. The van der Waals surface area contributed by atoms with E-state index in [9.17, 15) is 13.2 Å². The fourth-order valence-electron chi connectivity index (χ4n) is 3.12. The van der Waals surface area contributed by atoms with E-state index >= 15 is 0 Å². The number of hydrogen-bond donors (Lipinski definition) is 2. The zero-order chi connectivity index (χ0) is 19.0. The number of sulfonamides is 1. The van der Waals surface area contributed by atoms with Crippen molar-refractivity contribution >= 4 is 27.3 Å². The first-order valence-corrected chi connectivity index (χ1v) is 11.8. The molecule has 1 aromatic rings. The topological polar surface area (TPSA) is 78.5 Å². The molecule has 1 atom stereocenters. The molecule has 0 aromatic carbocycles. The van der Waals surface area contributed by atoms with Crippen molar-refractivity contribution in [2.45, 2.75) is 56.2 Å². The monoisotopic (exact) mass is 401 g/mol. The Hall–Kier alpha value is -0.960. The minimum atomic E-state index is -3.66. The predicted molar refractivity (Wildman–Crippen MR) is 106 cm³/mol. The van der Waals surface area contributed by atoms with E-state index in [-0.39, 0.29) is 16.0 Å². The zero-order valence-electron chi connectivity index (χ0n) is 15.7. The van der Waals surface area contributed by atoms with Crippen LogP contribution in [-0.2, 0) is 14.8 Å². The van der Waals surface area contributed by atoms with Crippen molar-refractivity contribution in [3.63, 3.8) is 0 Å². The predicted octanol–water partition coefficient (Wildman–Crippen LogP) is 2.43. The van der Waals surface area contributed by atoms with E-state index in [2.05, 4.69) is 14.9 Å². The lowest BCUT2D eigenvalue weighted by Gasteiger charge is -2.22. The van der Waals surface area contributed by atoms with Crippen LogP contribution in [0.4, 0.5) is 0 Å². The zero-order valence-corrected chi connectivity index (χ0v) is 17.4. The van der Waals surface area contributed by atoms with Crippen molar-refractivity contribution < 1.29 is 13.2 Å².